The Morgan fingerprint density at radius 1 is 0.935 bits per heavy atom. The van der Waals surface area contributed by atoms with Gasteiger partial charge in [-0.3, -0.25) is 4.90 Å². The number of halogens is 3. The summed E-state index contributed by atoms with van der Waals surface area (Å²) in [6.07, 6.45) is 0. The Balaban J connectivity index is 1.60. The summed E-state index contributed by atoms with van der Waals surface area (Å²) < 4.78 is 11.6. The Kier molecular flexibility index (Phi) is 5.40. The van der Waals surface area contributed by atoms with Crippen molar-refractivity contribution in [3.63, 3.8) is 0 Å². The van der Waals surface area contributed by atoms with E-state index in [1.165, 1.54) is 6.07 Å². The maximum atomic E-state index is 12.4. The average molecular weight is 473 g/mol. The Hall–Kier alpha value is -2.50. The van der Waals surface area contributed by atoms with Gasteiger partial charge in [0.15, 0.2) is 0 Å². The van der Waals surface area contributed by atoms with Crippen LogP contribution in [0.1, 0.15) is 11.1 Å². The lowest BCUT2D eigenvalue weighted by molar-refractivity contribution is 0.0891. The molecule has 5 rings (SSSR count). The molecule has 156 valence electrons. The van der Waals surface area contributed by atoms with Gasteiger partial charge in [-0.2, -0.15) is 0 Å². The van der Waals surface area contributed by atoms with E-state index in [9.17, 15) is 4.79 Å². The Morgan fingerprint density at radius 2 is 1.74 bits per heavy atom. The number of hydrogen-bond acceptors (Lipinski definition) is 4. The zero-order valence-electron chi connectivity index (χ0n) is 16.2. The van der Waals surface area contributed by atoms with Crippen molar-refractivity contribution in [2.24, 2.45) is 0 Å². The molecule has 0 unspecified atom stereocenters. The molecule has 0 fully saturated rings. The zero-order chi connectivity index (χ0) is 21.5. The average Bonchev–Trinajstić information content (AvgIpc) is 2.76. The van der Waals surface area contributed by atoms with Crippen LogP contribution in [0.2, 0.25) is 15.1 Å². The van der Waals surface area contributed by atoms with E-state index < -0.39 is 5.63 Å². The molecule has 0 saturated carbocycles. The summed E-state index contributed by atoms with van der Waals surface area (Å²) in [4.78, 5) is 14.5. The minimum absolute atomic E-state index is 0.333. The van der Waals surface area contributed by atoms with E-state index in [0.717, 1.165) is 27.6 Å². The summed E-state index contributed by atoms with van der Waals surface area (Å²) in [7, 11) is 0. The summed E-state index contributed by atoms with van der Waals surface area (Å²) >= 11 is 18.9. The quantitative estimate of drug-likeness (QED) is 0.309. The highest BCUT2D eigenvalue weighted by atomic mass is 35.5. The van der Waals surface area contributed by atoms with E-state index in [4.69, 9.17) is 44.0 Å². The molecule has 0 atom stereocenters. The molecule has 3 aromatic carbocycles. The van der Waals surface area contributed by atoms with Gasteiger partial charge in [0, 0.05) is 34.6 Å². The number of ether oxygens (including phenoxy) is 1. The van der Waals surface area contributed by atoms with Gasteiger partial charge in [0.1, 0.15) is 18.1 Å². The number of nitrogens with zero attached hydrogens (tertiary/aromatic N) is 1. The SMILES string of the molecule is O=c1cc(-c2ccccc2)c2cc(Cl)c3c(c2o1)CN(Cc1ccc(Cl)cc1Cl)CO3. The van der Waals surface area contributed by atoms with Gasteiger partial charge >= 0.3 is 5.63 Å². The largest absolute Gasteiger partial charge is 0.476 e. The third-order valence-electron chi connectivity index (χ3n) is 5.30. The van der Waals surface area contributed by atoms with Gasteiger partial charge in [-0.05, 0) is 34.9 Å². The molecule has 4 nitrogen and oxygen atoms in total. The first-order valence-corrected chi connectivity index (χ1v) is 10.8. The molecule has 2 heterocycles. The second kappa shape index (κ2) is 8.21. The monoisotopic (exact) mass is 471 g/mol. The van der Waals surface area contributed by atoms with E-state index in [1.54, 1.807) is 18.2 Å². The molecule has 0 bridgehead atoms. The third kappa shape index (κ3) is 3.92. The standard InChI is InChI=1S/C24H16Cl3NO3/c25-16-7-6-15(20(26)8-16)11-28-12-19-23-18(9-21(27)24(19)30-13-28)17(10-22(29)31-23)14-4-2-1-3-5-14/h1-10H,11-13H2. The van der Waals surface area contributed by atoms with Crippen molar-refractivity contribution in [3.8, 4) is 16.9 Å². The van der Waals surface area contributed by atoms with E-state index in [1.807, 2.05) is 36.4 Å². The molecule has 0 N–H and O–H groups in total. The van der Waals surface area contributed by atoms with E-state index in [-0.39, 0.29) is 0 Å². The van der Waals surface area contributed by atoms with Crippen molar-refractivity contribution in [2.75, 3.05) is 6.73 Å². The van der Waals surface area contributed by atoms with Crippen molar-refractivity contribution in [1.29, 1.82) is 0 Å². The molecule has 0 amide bonds. The van der Waals surface area contributed by atoms with Gasteiger partial charge in [0.05, 0.1) is 10.6 Å². The molecule has 1 aliphatic rings. The number of benzene rings is 3. The van der Waals surface area contributed by atoms with Crippen LogP contribution in [-0.2, 0) is 13.1 Å². The first kappa shape index (κ1) is 20.4. The fourth-order valence-electron chi connectivity index (χ4n) is 3.88. The number of hydrogen-bond donors (Lipinski definition) is 0. The smallest absolute Gasteiger partial charge is 0.336 e. The third-order valence-corrected chi connectivity index (χ3v) is 6.17. The molecule has 31 heavy (non-hydrogen) atoms. The summed E-state index contributed by atoms with van der Waals surface area (Å²) in [6, 6.07) is 18.4. The second-order valence-corrected chi connectivity index (χ2v) is 8.63. The van der Waals surface area contributed by atoms with Crippen LogP contribution in [0.5, 0.6) is 5.75 Å². The summed E-state index contributed by atoms with van der Waals surface area (Å²) in [5, 5.41) is 2.43. The van der Waals surface area contributed by atoms with Crippen LogP contribution >= 0.6 is 34.8 Å². The highest BCUT2D eigenvalue weighted by Crippen LogP contribution is 2.41. The molecule has 1 aliphatic heterocycles. The lowest BCUT2D eigenvalue weighted by atomic mass is 9.99. The van der Waals surface area contributed by atoms with Crippen LogP contribution in [0.25, 0.3) is 22.1 Å². The van der Waals surface area contributed by atoms with Crippen molar-refractivity contribution in [3.05, 3.63) is 97.3 Å². The highest BCUT2D eigenvalue weighted by molar-refractivity contribution is 6.35. The molecular formula is C24H16Cl3NO3. The van der Waals surface area contributed by atoms with Crippen LogP contribution in [-0.4, -0.2) is 11.6 Å². The molecule has 1 aromatic heterocycles. The Labute approximate surface area is 193 Å². The Bertz CT molecular complexity index is 1350. The van der Waals surface area contributed by atoms with Crippen molar-refractivity contribution in [2.45, 2.75) is 13.1 Å². The van der Waals surface area contributed by atoms with Crippen molar-refractivity contribution in [1.82, 2.24) is 4.90 Å². The van der Waals surface area contributed by atoms with Gasteiger partial charge in [-0.1, -0.05) is 71.2 Å². The summed E-state index contributed by atoms with van der Waals surface area (Å²) in [6.45, 7) is 1.37. The normalized spacial score (nSPS) is 13.8. The molecule has 0 saturated heterocycles. The maximum absolute atomic E-state index is 12.4. The van der Waals surface area contributed by atoms with E-state index in [2.05, 4.69) is 4.90 Å². The fraction of sp³-hybridized carbons (Fsp3) is 0.125. The predicted molar refractivity (Wildman–Crippen MR) is 124 cm³/mol. The lowest BCUT2D eigenvalue weighted by Crippen LogP contribution is -2.32. The van der Waals surface area contributed by atoms with Crippen LogP contribution in [0, 0.1) is 0 Å². The van der Waals surface area contributed by atoms with Crippen LogP contribution in [0.3, 0.4) is 0 Å². The van der Waals surface area contributed by atoms with Crippen LogP contribution in [0.15, 0.2) is 69.9 Å². The molecule has 4 aromatic rings. The van der Waals surface area contributed by atoms with Gasteiger partial charge < -0.3 is 9.15 Å². The van der Waals surface area contributed by atoms with Gasteiger partial charge in [0.2, 0.25) is 0 Å². The molecule has 0 spiro atoms. The molecule has 0 radical (unpaired) electrons. The van der Waals surface area contributed by atoms with E-state index >= 15 is 0 Å². The summed E-state index contributed by atoms with van der Waals surface area (Å²) in [5.74, 6) is 0.543. The summed E-state index contributed by atoms with van der Waals surface area (Å²) in [5.41, 5.74) is 3.42. The predicted octanol–water partition coefficient (Wildman–Crippen LogP) is 6.77. The fourth-order valence-corrected chi connectivity index (χ4v) is 4.63. The van der Waals surface area contributed by atoms with Crippen LogP contribution in [0.4, 0.5) is 0 Å². The van der Waals surface area contributed by atoms with Crippen molar-refractivity contribution >= 4 is 45.8 Å². The first-order chi connectivity index (χ1) is 15.0. The van der Waals surface area contributed by atoms with Gasteiger partial charge in [-0.15, -0.1) is 0 Å². The number of fused-ring (bicyclic) bond motifs is 3. The van der Waals surface area contributed by atoms with Gasteiger partial charge in [0.25, 0.3) is 0 Å². The lowest BCUT2D eigenvalue weighted by Gasteiger charge is -2.30. The molecular weight excluding hydrogens is 457 g/mol. The van der Waals surface area contributed by atoms with Gasteiger partial charge in [-0.25, -0.2) is 4.79 Å². The molecule has 7 heteroatoms. The Morgan fingerprint density at radius 3 is 2.52 bits per heavy atom. The van der Waals surface area contributed by atoms with Crippen molar-refractivity contribution < 1.29 is 9.15 Å². The minimum atomic E-state index is -0.422. The van der Waals surface area contributed by atoms with E-state index in [0.29, 0.717) is 46.2 Å². The zero-order valence-corrected chi connectivity index (χ0v) is 18.5. The first-order valence-electron chi connectivity index (χ1n) is 9.63. The minimum Gasteiger partial charge on any atom is -0.476 e. The topological polar surface area (TPSA) is 42.7 Å². The van der Waals surface area contributed by atoms with Crippen LogP contribution < -0.4 is 10.4 Å². The molecule has 0 aliphatic carbocycles. The number of rotatable bonds is 3. The second-order valence-electron chi connectivity index (χ2n) is 7.38. The maximum Gasteiger partial charge on any atom is 0.336 e. The highest BCUT2D eigenvalue weighted by Gasteiger charge is 2.26.